The molecule has 0 rings (SSSR count). The highest BCUT2D eigenvalue weighted by molar-refractivity contribution is 5.84. The summed E-state index contributed by atoms with van der Waals surface area (Å²) < 4.78 is 0. The lowest BCUT2D eigenvalue weighted by atomic mass is 9.94. The van der Waals surface area contributed by atoms with Crippen LogP contribution in [0.5, 0.6) is 0 Å². The lowest BCUT2D eigenvalue weighted by Gasteiger charge is -2.20. The van der Waals surface area contributed by atoms with Crippen LogP contribution in [-0.4, -0.2) is 49.8 Å². The van der Waals surface area contributed by atoms with Crippen LogP contribution < -0.4 is 16.0 Å². The van der Waals surface area contributed by atoms with Gasteiger partial charge in [0.05, 0.1) is 0 Å². The summed E-state index contributed by atoms with van der Waals surface area (Å²) in [4.78, 5) is 15.9. The van der Waals surface area contributed by atoms with Crippen LogP contribution in [-0.2, 0) is 4.79 Å². The smallest absolute Gasteiger partial charge is 0.241 e. The van der Waals surface area contributed by atoms with Gasteiger partial charge in [-0.25, -0.2) is 4.99 Å². The van der Waals surface area contributed by atoms with E-state index in [-0.39, 0.29) is 19.1 Å². The van der Waals surface area contributed by atoms with Crippen LogP contribution in [0.3, 0.4) is 0 Å². The molecular formula is C16H34N4O2. The summed E-state index contributed by atoms with van der Waals surface area (Å²) in [5.74, 6) is 1.59. The third kappa shape index (κ3) is 11.4. The van der Waals surface area contributed by atoms with Crippen molar-refractivity contribution in [1.29, 1.82) is 0 Å². The van der Waals surface area contributed by atoms with Crippen molar-refractivity contribution >= 4 is 11.9 Å². The summed E-state index contributed by atoms with van der Waals surface area (Å²) in [6.45, 7) is 10.9. The summed E-state index contributed by atoms with van der Waals surface area (Å²) >= 11 is 0. The van der Waals surface area contributed by atoms with E-state index >= 15 is 0 Å². The van der Waals surface area contributed by atoms with Gasteiger partial charge in [0.25, 0.3) is 0 Å². The Morgan fingerprint density at radius 1 is 1.18 bits per heavy atom. The number of aliphatic hydroxyl groups excluding tert-OH is 1. The first kappa shape index (κ1) is 20.7. The molecular weight excluding hydrogens is 280 g/mol. The SMILES string of the molecule is CCCNC(=O)CN=C(NCC)NCC(CCO)CC(C)C. The second-order valence-electron chi connectivity index (χ2n) is 5.93. The largest absolute Gasteiger partial charge is 0.396 e. The fourth-order valence-electron chi connectivity index (χ4n) is 2.21. The highest BCUT2D eigenvalue weighted by Gasteiger charge is 2.11. The van der Waals surface area contributed by atoms with Crippen LogP contribution in [0.2, 0.25) is 0 Å². The normalized spacial score (nSPS) is 13.1. The lowest BCUT2D eigenvalue weighted by molar-refractivity contribution is -0.119. The van der Waals surface area contributed by atoms with Crippen molar-refractivity contribution < 1.29 is 9.90 Å². The highest BCUT2D eigenvalue weighted by atomic mass is 16.3. The Balaban J connectivity index is 4.38. The van der Waals surface area contributed by atoms with Gasteiger partial charge in [0, 0.05) is 26.2 Å². The molecule has 0 radical (unpaired) electrons. The number of hydrogen-bond donors (Lipinski definition) is 4. The zero-order chi connectivity index (χ0) is 16.8. The topological polar surface area (TPSA) is 85.8 Å². The molecule has 0 fully saturated rings. The van der Waals surface area contributed by atoms with Gasteiger partial charge in [-0.2, -0.15) is 0 Å². The number of carbonyl (C=O) groups is 1. The summed E-state index contributed by atoms with van der Waals surface area (Å²) in [7, 11) is 0. The van der Waals surface area contributed by atoms with Crippen molar-refractivity contribution in [3.8, 4) is 0 Å². The maximum absolute atomic E-state index is 11.6. The second-order valence-corrected chi connectivity index (χ2v) is 5.93. The summed E-state index contributed by atoms with van der Waals surface area (Å²) in [5.41, 5.74) is 0. The van der Waals surface area contributed by atoms with Crippen LogP contribution in [0, 0.1) is 11.8 Å². The molecule has 6 heteroatoms. The van der Waals surface area contributed by atoms with Gasteiger partial charge in [-0.15, -0.1) is 0 Å². The second kappa shape index (κ2) is 13.4. The molecule has 4 N–H and O–H groups in total. The third-order valence-electron chi connectivity index (χ3n) is 3.20. The monoisotopic (exact) mass is 314 g/mol. The number of carbonyl (C=O) groups excluding carboxylic acids is 1. The van der Waals surface area contributed by atoms with Crippen molar-refractivity contribution in [2.24, 2.45) is 16.8 Å². The van der Waals surface area contributed by atoms with E-state index in [4.69, 9.17) is 5.11 Å². The van der Waals surface area contributed by atoms with E-state index < -0.39 is 0 Å². The van der Waals surface area contributed by atoms with Gasteiger partial charge in [0.15, 0.2) is 5.96 Å². The summed E-state index contributed by atoms with van der Waals surface area (Å²) in [6.07, 6.45) is 2.76. The molecule has 1 unspecified atom stereocenters. The minimum atomic E-state index is -0.0619. The molecule has 6 nitrogen and oxygen atoms in total. The number of amides is 1. The van der Waals surface area contributed by atoms with Crippen molar-refractivity contribution in [3.05, 3.63) is 0 Å². The van der Waals surface area contributed by atoms with E-state index in [1.807, 2.05) is 13.8 Å². The molecule has 0 heterocycles. The Morgan fingerprint density at radius 2 is 1.91 bits per heavy atom. The van der Waals surface area contributed by atoms with Gasteiger partial charge < -0.3 is 21.1 Å². The molecule has 1 atom stereocenters. The number of nitrogens with one attached hydrogen (secondary N) is 3. The van der Waals surface area contributed by atoms with E-state index in [9.17, 15) is 4.79 Å². The standard InChI is InChI=1S/C16H34N4O2/c1-5-8-18-15(22)12-20-16(17-6-2)19-11-14(7-9-21)10-13(3)4/h13-14,21H,5-12H2,1-4H3,(H,18,22)(H2,17,19,20). The summed E-state index contributed by atoms with van der Waals surface area (Å²) in [5, 5.41) is 18.4. The Labute approximate surface area is 135 Å². The van der Waals surface area contributed by atoms with Crippen LogP contribution in [0.15, 0.2) is 4.99 Å². The molecule has 0 aromatic carbocycles. The van der Waals surface area contributed by atoms with E-state index in [0.29, 0.717) is 24.3 Å². The molecule has 0 bridgehead atoms. The number of aliphatic hydroxyl groups is 1. The van der Waals surface area contributed by atoms with E-state index in [1.54, 1.807) is 0 Å². The quantitative estimate of drug-likeness (QED) is 0.340. The Morgan fingerprint density at radius 3 is 2.45 bits per heavy atom. The van der Waals surface area contributed by atoms with E-state index in [0.717, 1.165) is 32.4 Å². The fourth-order valence-corrected chi connectivity index (χ4v) is 2.21. The molecule has 1 amide bonds. The molecule has 0 aliphatic carbocycles. The average Bonchev–Trinajstić information content (AvgIpc) is 2.47. The predicted octanol–water partition coefficient (Wildman–Crippen LogP) is 1.11. The molecule has 0 aromatic rings. The fraction of sp³-hybridized carbons (Fsp3) is 0.875. The van der Waals surface area contributed by atoms with Gasteiger partial charge in [0.1, 0.15) is 6.54 Å². The third-order valence-corrected chi connectivity index (χ3v) is 3.20. The molecule has 130 valence electrons. The van der Waals surface area contributed by atoms with E-state index in [1.165, 1.54) is 0 Å². The van der Waals surface area contributed by atoms with Crippen LogP contribution in [0.25, 0.3) is 0 Å². The molecule has 0 aromatic heterocycles. The predicted molar refractivity (Wildman–Crippen MR) is 91.9 cm³/mol. The number of hydrogen-bond acceptors (Lipinski definition) is 3. The van der Waals surface area contributed by atoms with Crippen molar-refractivity contribution in [3.63, 3.8) is 0 Å². The van der Waals surface area contributed by atoms with Crippen LogP contribution >= 0.6 is 0 Å². The number of nitrogens with zero attached hydrogens (tertiary/aromatic N) is 1. The minimum Gasteiger partial charge on any atom is -0.396 e. The molecule has 0 saturated heterocycles. The first-order valence-corrected chi connectivity index (χ1v) is 8.43. The summed E-state index contributed by atoms with van der Waals surface area (Å²) in [6, 6.07) is 0. The Kier molecular flexibility index (Phi) is 12.6. The van der Waals surface area contributed by atoms with Crippen LogP contribution in [0.1, 0.15) is 47.0 Å². The van der Waals surface area contributed by atoms with Crippen molar-refractivity contribution in [2.45, 2.75) is 47.0 Å². The average molecular weight is 314 g/mol. The van der Waals surface area contributed by atoms with E-state index in [2.05, 4.69) is 34.8 Å². The molecule has 0 aliphatic rings. The number of guanidine groups is 1. The number of rotatable bonds is 11. The molecule has 0 saturated carbocycles. The van der Waals surface area contributed by atoms with Crippen molar-refractivity contribution in [1.82, 2.24) is 16.0 Å². The van der Waals surface area contributed by atoms with Gasteiger partial charge >= 0.3 is 0 Å². The first-order valence-electron chi connectivity index (χ1n) is 8.43. The van der Waals surface area contributed by atoms with Gasteiger partial charge in [-0.05, 0) is 38.0 Å². The van der Waals surface area contributed by atoms with Crippen molar-refractivity contribution in [2.75, 3.05) is 32.8 Å². The maximum Gasteiger partial charge on any atom is 0.241 e. The Hall–Kier alpha value is -1.30. The first-order chi connectivity index (χ1) is 10.5. The Bertz CT molecular complexity index is 319. The van der Waals surface area contributed by atoms with Gasteiger partial charge in [-0.1, -0.05) is 20.8 Å². The maximum atomic E-state index is 11.6. The zero-order valence-electron chi connectivity index (χ0n) is 14.6. The number of aliphatic imine (C=N–C) groups is 1. The zero-order valence-corrected chi connectivity index (χ0v) is 14.6. The molecule has 22 heavy (non-hydrogen) atoms. The minimum absolute atomic E-state index is 0.0619. The highest BCUT2D eigenvalue weighted by Crippen LogP contribution is 2.14. The van der Waals surface area contributed by atoms with Gasteiger partial charge in [-0.3, -0.25) is 4.79 Å². The van der Waals surface area contributed by atoms with Crippen LogP contribution in [0.4, 0.5) is 0 Å². The molecule has 0 spiro atoms. The lowest BCUT2D eigenvalue weighted by Crippen LogP contribution is -2.41. The molecule has 0 aliphatic heterocycles. The van der Waals surface area contributed by atoms with Gasteiger partial charge in [0.2, 0.25) is 5.91 Å².